The molecule has 10 heteroatoms. The Bertz CT molecular complexity index is 1130. The van der Waals surface area contributed by atoms with E-state index in [-0.39, 0.29) is 41.8 Å². The normalized spacial score (nSPS) is 25.9. The summed E-state index contributed by atoms with van der Waals surface area (Å²) in [5.41, 5.74) is 2.95. The van der Waals surface area contributed by atoms with E-state index in [0.717, 1.165) is 76.0 Å². The second kappa shape index (κ2) is 9.87. The number of hydrogen-bond donors (Lipinski definition) is 1. The van der Waals surface area contributed by atoms with Gasteiger partial charge in [0.05, 0.1) is 19.3 Å². The quantitative estimate of drug-likeness (QED) is 0.603. The second-order valence-electron chi connectivity index (χ2n) is 11.6. The van der Waals surface area contributed by atoms with Crippen LogP contribution in [-0.2, 0) is 25.6 Å². The zero-order chi connectivity index (χ0) is 26.4. The van der Waals surface area contributed by atoms with Crippen molar-refractivity contribution in [1.29, 1.82) is 0 Å². The molecule has 1 N–H and O–H groups in total. The highest BCUT2D eigenvalue weighted by Crippen LogP contribution is 2.45. The molecule has 4 heterocycles. The monoisotopic (exact) mass is 524 g/mol. The minimum Gasteiger partial charge on any atom is -0.453 e. The molecule has 1 unspecified atom stereocenters. The number of amides is 4. The van der Waals surface area contributed by atoms with Crippen LogP contribution in [-0.4, -0.2) is 85.2 Å². The summed E-state index contributed by atoms with van der Waals surface area (Å²) in [4.78, 5) is 54.2. The van der Waals surface area contributed by atoms with Crippen LogP contribution in [0.4, 0.5) is 10.5 Å². The van der Waals surface area contributed by atoms with Gasteiger partial charge >= 0.3 is 6.09 Å². The van der Waals surface area contributed by atoms with Gasteiger partial charge in [0.25, 0.3) is 5.91 Å². The summed E-state index contributed by atoms with van der Waals surface area (Å²) in [5.74, 6) is -0.793. The Balaban J connectivity index is 0.984. The molecule has 4 aliphatic heterocycles. The van der Waals surface area contributed by atoms with Crippen LogP contribution in [0.3, 0.4) is 0 Å². The van der Waals surface area contributed by atoms with Crippen LogP contribution in [0.15, 0.2) is 18.2 Å². The SMILES string of the molecule is COC(=O)N1CC2(CCC(OC3CCN(c4ccc5c(c4)CN(C4CCC(=O)NC4=O)C5=O)CC3)CC2)C1. The third-order valence-electron chi connectivity index (χ3n) is 9.18. The first-order chi connectivity index (χ1) is 18.3. The number of hydrogen-bond acceptors (Lipinski definition) is 7. The van der Waals surface area contributed by atoms with E-state index in [1.807, 2.05) is 12.1 Å². The van der Waals surface area contributed by atoms with Crippen molar-refractivity contribution < 1.29 is 28.7 Å². The molecule has 4 fully saturated rings. The van der Waals surface area contributed by atoms with Crippen LogP contribution < -0.4 is 10.2 Å². The summed E-state index contributed by atoms with van der Waals surface area (Å²) < 4.78 is 11.3. The number of carbonyl (C=O) groups is 4. The molecular weight excluding hydrogens is 488 g/mol. The number of rotatable bonds is 4. The number of methoxy groups -OCH3 is 1. The van der Waals surface area contributed by atoms with Gasteiger partial charge in [-0.05, 0) is 68.7 Å². The predicted molar refractivity (Wildman–Crippen MR) is 137 cm³/mol. The highest BCUT2D eigenvalue weighted by Gasteiger charge is 2.48. The molecule has 204 valence electrons. The minimum atomic E-state index is -0.588. The Morgan fingerprint density at radius 1 is 1.00 bits per heavy atom. The smallest absolute Gasteiger partial charge is 0.409 e. The zero-order valence-electron chi connectivity index (χ0n) is 21.9. The third-order valence-corrected chi connectivity index (χ3v) is 9.18. The lowest BCUT2D eigenvalue weighted by atomic mass is 9.68. The number of anilines is 1. The van der Waals surface area contributed by atoms with Crippen molar-refractivity contribution in [2.45, 2.75) is 76.2 Å². The highest BCUT2D eigenvalue weighted by atomic mass is 16.5. The molecule has 1 spiro atoms. The van der Waals surface area contributed by atoms with Gasteiger partial charge in [0.15, 0.2) is 0 Å². The van der Waals surface area contributed by atoms with E-state index in [2.05, 4.69) is 16.3 Å². The maximum atomic E-state index is 13.0. The molecule has 1 aromatic rings. The standard InChI is InChI=1S/C28H36N4O6/c1-37-27(36)31-16-28(17-31)10-6-20(7-11-28)38-21-8-12-30(13-9-21)19-2-3-22-18(14-19)15-32(26(22)35)23-4-5-24(33)29-25(23)34/h2-3,14,20-21,23H,4-13,15-17H2,1H3,(H,29,33,34). The maximum Gasteiger partial charge on any atom is 0.409 e. The van der Waals surface area contributed by atoms with Gasteiger partial charge in [0, 0.05) is 55.8 Å². The number of fused-ring (bicyclic) bond motifs is 1. The fraction of sp³-hybridized carbons (Fsp3) is 0.643. The van der Waals surface area contributed by atoms with E-state index >= 15 is 0 Å². The number of nitrogens with one attached hydrogen (secondary N) is 1. The molecule has 0 radical (unpaired) electrons. The lowest BCUT2D eigenvalue weighted by Crippen LogP contribution is -2.60. The lowest BCUT2D eigenvalue weighted by molar-refractivity contribution is -0.136. The third kappa shape index (κ3) is 4.63. The van der Waals surface area contributed by atoms with Crippen molar-refractivity contribution in [1.82, 2.24) is 15.1 Å². The van der Waals surface area contributed by atoms with Crippen molar-refractivity contribution in [2.75, 3.05) is 38.2 Å². The van der Waals surface area contributed by atoms with Gasteiger partial charge in [0.2, 0.25) is 11.8 Å². The Labute approximate surface area is 222 Å². The first kappa shape index (κ1) is 25.2. The molecule has 10 nitrogen and oxygen atoms in total. The molecular formula is C28H36N4O6. The van der Waals surface area contributed by atoms with Crippen molar-refractivity contribution in [3.63, 3.8) is 0 Å². The van der Waals surface area contributed by atoms with Gasteiger partial charge in [0.1, 0.15) is 6.04 Å². The number of nitrogens with zero attached hydrogens (tertiary/aromatic N) is 3. The van der Waals surface area contributed by atoms with E-state index < -0.39 is 6.04 Å². The number of imide groups is 1. The molecule has 4 amide bonds. The number of piperidine rings is 2. The summed E-state index contributed by atoms with van der Waals surface area (Å²) in [6.07, 6.45) is 7.23. The fourth-order valence-corrected chi connectivity index (χ4v) is 6.96. The van der Waals surface area contributed by atoms with Gasteiger partial charge in [-0.3, -0.25) is 19.7 Å². The van der Waals surface area contributed by atoms with Gasteiger partial charge < -0.3 is 24.2 Å². The predicted octanol–water partition coefficient (Wildman–Crippen LogP) is 2.44. The molecule has 1 saturated carbocycles. The second-order valence-corrected chi connectivity index (χ2v) is 11.6. The van der Waals surface area contributed by atoms with Crippen molar-refractivity contribution in [2.24, 2.45) is 5.41 Å². The van der Waals surface area contributed by atoms with Gasteiger partial charge in [-0.25, -0.2) is 4.79 Å². The van der Waals surface area contributed by atoms with E-state index in [1.54, 1.807) is 9.80 Å². The molecule has 1 aliphatic carbocycles. The van der Waals surface area contributed by atoms with Crippen molar-refractivity contribution >= 4 is 29.5 Å². The van der Waals surface area contributed by atoms with Gasteiger partial charge in [-0.15, -0.1) is 0 Å². The van der Waals surface area contributed by atoms with E-state index in [0.29, 0.717) is 24.6 Å². The summed E-state index contributed by atoms with van der Waals surface area (Å²) in [6.45, 7) is 3.82. The molecule has 6 rings (SSSR count). The average molecular weight is 525 g/mol. The van der Waals surface area contributed by atoms with E-state index in [4.69, 9.17) is 9.47 Å². The maximum absolute atomic E-state index is 13.0. The number of carbonyl (C=O) groups excluding carboxylic acids is 4. The van der Waals surface area contributed by atoms with E-state index in [9.17, 15) is 19.2 Å². The molecule has 38 heavy (non-hydrogen) atoms. The highest BCUT2D eigenvalue weighted by molar-refractivity contribution is 6.05. The number of benzene rings is 1. The van der Waals surface area contributed by atoms with Crippen LogP contribution in [0.2, 0.25) is 0 Å². The Hall–Kier alpha value is -3.14. The summed E-state index contributed by atoms with van der Waals surface area (Å²) in [6, 6.07) is 5.37. The molecule has 5 aliphatic rings. The minimum absolute atomic E-state index is 0.137. The first-order valence-electron chi connectivity index (χ1n) is 13.8. The summed E-state index contributed by atoms with van der Waals surface area (Å²) >= 11 is 0. The molecule has 0 bridgehead atoms. The zero-order valence-corrected chi connectivity index (χ0v) is 21.9. The van der Waals surface area contributed by atoms with Gasteiger partial charge in [-0.2, -0.15) is 0 Å². The average Bonchev–Trinajstić information content (AvgIpc) is 3.23. The number of ether oxygens (including phenoxy) is 2. The Morgan fingerprint density at radius 3 is 2.39 bits per heavy atom. The van der Waals surface area contributed by atoms with Crippen LogP contribution >= 0.6 is 0 Å². The summed E-state index contributed by atoms with van der Waals surface area (Å²) in [5, 5.41) is 2.36. The number of likely N-dealkylation sites (tertiary alicyclic amines) is 1. The molecule has 0 aromatic heterocycles. The molecule has 1 atom stereocenters. The molecule has 3 saturated heterocycles. The fourth-order valence-electron chi connectivity index (χ4n) is 6.96. The lowest BCUT2D eigenvalue weighted by Gasteiger charge is -2.52. The summed E-state index contributed by atoms with van der Waals surface area (Å²) in [7, 11) is 1.44. The first-order valence-corrected chi connectivity index (χ1v) is 13.8. The van der Waals surface area contributed by atoms with Crippen LogP contribution in [0.25, 0.3) is 0 Å². The van der Waals surface area contributed by atoms with Gasteiger partial charge in [-0.1, -0.05) is 0 Å². The Morgan fingerprint density at radius 2 is 1.71 bits per heavy atom. The van der Waals surface area contributed by atoms with Crippen LogP contribution in [0.1, 0.15) is 67.3 Å². The molecule has 1 aromatic carbocycles. The van der Waals surface area contributed by atoms with Crippen molar-refractivity contribution in [3.05, 3.63) is 29.3 Å². The van der Waals surface area contributed by atoms with Crippen LogP contribution in [0, 0.1) is 5.41 Å². The van der Waals surface area contributed by atoms with E-state index in [1.165, 1.54) is 7.11 Å². The topological polar surface area (TPSA) is 108 Å². The van der Waals surface area contributed by atoms with Crippen LogP contribution in [0.5, 0.6) is 0 Å². The largest absolute Gasteiger partial charge is 0.453 e. The van der Waals surface area contributed by atoms with Crippen molar-refractivity contribution in [3.8, 4) is 0 Å². The Kier molecular flexibility index (Phi) is 6.53.